The minimum atomic E-state index is 0.398. The second-order valence-corrected chi connectivity index (χ2v) is 4.91. The smallest absolute Gasteiger partial charge is 0.0638 e. The fourth-order valence-corrected chi connectivity index (χ4v) is 2.19. The molecule has 1 aliphatic heterocycles. The number of nitriles is 1. The van der Waals surface area contributed by atoms with E-state index in [1.165, 1.54) is 6.42 Å². The van der Waals surface area contributed by atoms with Gasteiger partial charge in [-0.15, -0.1) is 0 Å². The molecule has 2 unspecified atom stereocenters. The van der Waals surface area contributed by atoms with Crippen molar-refractivity contribution in [2.24, 2.45) is 0 Å². The number of likely N-dealkylation sites (N-methyl/N-ethyl adjacent to an activating group) is 1. The molecule has 3 heteroatoms. The summed E-state index contributed by atoms with van der Waals surface area (Å²) in [5.41, 5.74) is 0. The van der Waals surface area contributed by atoms with Crippen LogP contribution in [0.25, 0.3) is 0 Å². The van der Waals surface area contributed by atoms with Crippen molar-refractivity contribution in [2.75, 3.05) is 20.1 Å². The van der Waals surface area contributed by atoms with Gasteiger partial charge in [0.2, 0.25) is 0 Å². The van der Waals surface area contributed by atoms with E-state index in [1.807, 2.05) is 0 Å². The zero-order valence-electron chi connectivity index (χ0n) is 10.4. The normalized spacial score (nSPS) is 30.1. The van der Waals surface area contributed by atoms with Crippen molar-refractivity contribution in [3.8, 4) is 6.07 Å². The molecule has 1 aliphatic rings. The van der Waals surface area contributed by atoms with Crippen LogP contribution in [0.5, 0.6) is 0 Å². The highest BCUT2D eigenvalue weighted by atomic mass is 15.3. The summed E-state index contributed by atoms with van der Waals surface area (Å²) in [6, 6.07) is 3.88. The standard InChI is InChI=1S/C12H23N3/c1-10(2)15-8-6-11(3)14(4)12(9-15)5-7-13/h10-12H,5-6,8-9H2,1-4H3. The minimum absolute atomic E-state index is 0.398. The first-order valence-electron chi connectivity index (χ1n) is 5.89. The molecule has 0 saturated carbocycles. The van der Waals surface area contributed by atoms with Crippen LogP contribution in [-0.4, -0.2) is 48.1 Å². The monoisotopic (exact) mass is 209 g/mol. The van der Waals surface area contributed by atoms with Crippen molar-refractivity contribution < 1.29 is 0 Å². The van der Waals surface area contributed by atoms with E-state index in [4.69, 9.17) is 5.26 Å². The number of rotatable bonds is 2. The highest BCUT2D eigenvalue weighted by Gasteiger charge is 2.27. The van der Waals surface area contributed by atoms with Gasteiger partial charge in [0.25, 0.3) is 0 Å². The lowest BCUT2D eigenvalue weighted by molar-refractivity contribution is 0.164. The minimum Gasteiger partial charge on any atom is -0.299 e. The molecule has 0 amide bonds. The molecular formula is C12H23N3. The van der Waals surface area contributed by atoms with E-state index >= 15 is 0 Å². The molecule has 1 rings (SSSR count). The summed E-state index contributed by atoms with van der Waals surface area (Å²) >= 11 is 0. The summed E-state index contributed by atoms with van der Waals surface area (Å²) in [4.78, 5) is 4.85. The van der Waals surface area contributed by atoms with Crippen LogP contribution in [0, 0.1) is 11.3 Å². The Hall–Kier alpha value is -0.590. The first-order chi connectivity index (χ1) is 7.06. The molecule has 0 spiro atoms. The van der Waals surface area contributed by atoms with Gasteiger partial charge in [-0.2, -0.15) is 5.26 Å². The summed E-state index contributed by atoms with van der Waals surface area (Å²) < 4.78 is 0. The van der Waals surface area contributed by atoms with E-state index in [-0.39, 0.29) is 0 Å². The van der Waals surface area contributed by atoms with Gasteiger partial charge in [0.1, 0.15) is 0 Å². The predicted molar refractivity (Wildman–Crippen MR) is 62.6 cm³/mol. The van der Waals surface area contributed by atoms with E-state index in [0.717, 1.165) is 13.1 Å². The highest BCUT2D eigenvalue weighted by Crippen LogP contribution is 2.17. The second kappa shape index (κ2) is 5.48. The molecule has 1 heterocycles. The molecule has 1 fully saturated rings. The van der Waals surface area contributed by atoms with Crippen LogP contribution in [-0.2, 0) is 0 Å². The Labute approximate surface area is 93.7 Å². The number of hydrogen-bond donors (Lipinski definition) is 0. The van der Waals surface area contributed by atoms with E-state index in [2.05, 4.69) is 43.7 Å². The van der Waals surface area contributed by atoms with Gasteiger partial charge in [-0.3, -0.25) is 9.80 Å². The van der Waals surface area contributed by atoms with Crippen molar-refractivity contribution in [2.45, 2.75) is 51.7 Å². The van der Waals surface area contributed by atoms with Gasteiger partial charge in [-0.05, 0) is 40.8 Å². The van der Waals surface area contributed by atoms with Crippen LogP contribution in [0.1, 0.15) is 33.6 Å². The maximum absolute atomic E-state index is 8.84. The zero-order chi connectivity index (χ0) is 11.4. The van der Waals surface area contributed by atoms with E-state index in [9.17, 15) is 0 Å². The van der Waals surface area contributed by atoms with Crippen molar-refractivity contribution in [3.05, 3.63) is 0 Å². The average Bonchev–Trinajstić information content (AvgIpc) is 2.32. The largest absolute Gasteiger partial charge is 0.299 e. The van der Waals surface area contributed by atoms with Crippen LogP contribution in [0.15, 0.2) is 0 Å². The van der Waals surface area contributed by atoms with Gasteiger partial charge >= 0.3 is 0 Å². The molecule has 0 bridgehead atoms. The summed E-state index contributed by atoms with van der Waals surface area (Å²) in [6.07, 6.45) is 1.85. The van der Waals surface area contributed by atoms with E-state index < -0.39 is 0 Å². The Balaban J connectivity index is 2.69. The van der Waals surface area contributed by atoms with Gasteiger partial charge in [0, 0.05) is 24.7 Å². The Morgan fingerprint density at radius 2 is 2.13 bits per heavy atom. The van der Waals surface area contributed by atoms with Gasteiger partial charge in [0.15, 0.2) is 0 Å². The molecule has 0 N–H and O–H groups in total. The maximum atomic E-state index is 8.84. The third-order valence-electron chi connectivity index (χ3n) is 3.61. The first kappa shape index (κ1) is 12.5. The molecule has 0 aromatic heterocycles. The fraction of sp³-hybridized carbons (Fsp3) is 0.917. The van der Waals surface area contributed by atoms with Crippen molar-refractivity contribution in [1.29, 1.82) is 5.26 Å². The lowest BCUT2D eigenvalue weighted by Gasteiger charge is -2.31. The van der Waals surface area contributed by atoms with Crippen molar-refractivity contribution in [3.63, 3.8) is 0 Å². The van der Waals surface area contributed by atoms with Crippen LogP contribution in [0.3, 0.4) is 0 Å². The predicted octanol–water partition coefficient (Wildman–Crippen LogP) is 1.70. The molecule has 1 saturated heterocycles. The quantitative estimate of drug-likeness (QED) is 0.693. The molecule has 0 aromatic carbocycles. The first-order valence-corrected chi connectivity index (χ1v) is 5.89. The van der Waals surface area contributed by atoms with Gasteiger partial charge < -0.3 is 0 Å². The lowest BCUT2D eigenvalue weighted by atomic mass is 10.1. The lowest BCUT2D eigenvalue weighted by Crippen LogP contribution is -2.43. The summed E-state index contributed by atoms with van der Waals surface area (Å²) in [5, 5.41) is 8.84. The van der Waals surface area contributed by atoms with E-state index in [1.54, 1.807) is 0 Å². The molecule has 0 aromatic rings. The van der Waals surface area contributed by atoms with Gasteiger partial charge in [-0.1, -0.05) is 0 Å². The molecule has 2 atom stereocenters. The average molecular weight is 209 g/mol. The van der Waals surface area contributed by atoms with Gasteiger partial charge in [-0.25, -0.2) is 0 Å². The molecule has 0 aliphatic carbocycles. The van der Waals surface area contributed by atoms with Crippen LogP contribution < -0.4 is 0 Å². The summed E-state index contributed by atoms with van der Waals surface area (Å²) in [7, 11) is 2.15. The molecular weight excluding hydrogens is 186 g/mol. The third-order valence-corrected chi connectivity index (χ3v) is 3.61. The molecule has 86 valence electrons. The Kier molecular flexibility index (Phi) is 4.56. The summed E-state index contributed by atoms with van der Waals surface area (Å²) in [5.74, 6) is 0. The fourth-order valence-electron chi connectivity index (χ4n) is 2.19. The van der Waals surface area contributed by atoms with E-state index in [0.29, 0.717) is 24.5 Å². The Bertz CT molecular complexity index is 232. The Morgan fingerprint density at radius 3 is 2.67 bits per heavy atom. The second-order valence-electron chi connectivity index (χ2n) is 4.91. The highest BCUT2D eigenvalue weighted by molar-refractivity contribution is 4.89. The van der Waals surface area contributed by atoms with Crippen LogP contribution >= 0.6 is 0 Å². The topological polar surface area (TPSA) is 30.3 Å². The van der Waals surface area contributed by atoms with Crippen molar-refractivity contribution >= 4 is 0 Å². The van der Waals surface area contributed by atoms with Gasteiger partial charge in [0.05, 0.1) is 12.5 Å². The summed E-state index contributed by atoms with van der Waals surface area (Å²) in [6.45, 7) is 8.92. The molecule has 3 nitrogen and oxygen atoms in total. The molecule has 0 radical (unpaired) electrons. The number of hydrogen-bond acceptors (Lipinski definition) is 3. The van der Waals surface area contributed by atoms with Crippen LogP contribution in [0.4, 0.5) is 0 Å². The van der Waals surface area contributed by atoms with Crippen molar-refractivity contribution in [1.82, 2.24) is 9.80 Å². The number of nitrogens with zero attached hydrogens (tertiary/aromatic N) is 3. The zero-order valence-corrected chi connectivity index (χ0v) is 10.4. The SMILES string of the molecule is CC(C)N1CCC(C)N(C)C(CC#N)C1. The Morgan fingerprint density at radius 1 is 1.47 bits per heavy atom. The third kappa shape index (κ3) is 3.19. The molecule has 15 heavy (non-hydrogen) atoms. The maximum Gasteiger partial charge on any atom is 0.0638 e. The van der Waals surface area contributed by atoms with Crippen LogP contribution in [0.2, 0.25) is 0 Å².